The first kappa shape index (κ1) is 11.8. The van der Waals surface area contributed by atoms with Crippen LogP contribution in [-0.2, 0) is 6.42 Å². The molecule has 1 aromatic carbocycles. The SMILES string of the molecule is C=Cc1cc(CCCC)ccc1/C=C\C. The molecule has 0 unspecified atom stereocenters. The maximum Gasteiger partial charge on any atom is -0.0187 e. The van der Waals surface area contributed by atoms with Gasteiger partial charge in [-0.25, -0.2) is 0 Å². The van der Waals surface area contributed by atoms with E-state index in [4.69, 9.17) is 0 Å². The van der Waals surface area contributed by atoms with Crippen LogP contribution in [0, 0.1) is 0 Å². The van der Waals surface area contributed by atoms with Crippen LogP contribution in [0.15, 0.2) is 30.9 Å². The second kappa shape index (κ2) is 6.23. The molecule has 0 N–H and O–H groups in total. The molecule has 80 valence electrons. The molecule has 0 fully saturated rings. The molecular weight excluding hydrogens is 180 g/mol. The lowest BCUT2D eigenvalue weighted by atomic mass is 10.0. The maximum atomic E-state index is 3.86. The van der Waals surface area contributed by atoms with Crippen molar-refractivity contribution >= 4 is 12.2 Å². The second-order valence-corrected chi connectivity index (χ2v) is 3.77. The van der Waals surface area contributed by atoms with E-state index in [2.05, 4.69) is 43.9 Å². The average molecular weight is 200 g/mol. The molecule has 0 saturated carbocycles. The van der Waals surface area contributed by atoms with Crippen LogP contribution in [0.2, 0.25) is 0 Å². The van der Waals surface area contributed by atoms with Crippen molar-refractivity contribution in [2.24, 2.45) is 0 Å². The van der Waals surface area contributed by atoms with E-state index in [1.165, 1.54) is 36.0 Å². The minimum atomic E-state index is 1.17. The first-order valence-electron chi connectivity index (χ1n) is 5.69. The van der Waals surface area contributed by atoms with E-state index < -0.39 is 0 Å². The molecule has 0 spiro atoms. The van der Waals surface area contributed by atoms with Crippen molar-refractivity contribution in [3.63, 3.8) is 0 Å². The predicted molar refractivity (Wildman–Crippen MR) is 69.9 cm³/mol. The quantitative estimate of drug-likeness (QED) is 0.646. The van der Waals surface area contributed by atoms with Gasteiger partial charge in [0.15, 0.2) is 0 Å². The fourth-order valence-electron chi connectivity index (χ4n) is 1.67. The maximum absolute atomic E-state index is 3.86. The van der Waals surface area contributed by atoms with Gasteiger partial charge >= 0.3 is 0 Å². The van der Waals surface area contributed by atoms with E-state index in [0.29, 0.717) is 0 Å². The van der Waals surface area contributed by atoms with Crippen LogP contribution in [0.3, 0.4) is 0 Å². The Bertz CT molecular complexity index is 345. The third-order valence-electron chi connectivity index (χ3n) is 2.54. The molecule has 0 aromatic heterocycles. The minimum absolute atomic E-state index is 1.17. The van der Waals surface area contributed by atoms with Crippen LogP contribution in [0.1, 0.15) is 43.4 Å². The van der Waals surface area contributed by atoms with E-state index in [-0.39, 0.29) is 0 Å². The minimum Gasteiger partial charge on any atom is -0.0984 e. The Labute approximate surface area is 93.3 Å². The van der Waals surface area contributed by atoms with Gasteiger partial charge in [-0.05, 0) is 36.5 Å². The molecule has 0 nitrogen and oxygen atoms in total. The fraction of sp³-hybridized carbons (Fsp3) is 0.333. The summed E-state index contributed by atoms with van der Waals surface area (Å²) in [5.74, 6) is 0. The van der Waals surface area contributed by atoms with Crippen molar-refractivity contribution in [2.45, 2.75) is 33.1 Å². The van der Waals surface area contributed by atoms with Gasteiger partial charge in [-0.3, -0.25) is 0 Å². The van der Waals surface area contributed by atoms with E-state index in [1.807, 2.05) is 13.0 Å². The van der Waals surface area contributed by atoms with E-state index in [0.717, 1.165) is 0 Å². The molecule has 0 aliphatic heterocycles. The molecule has 0 saturated heterocycles. The van der Waals surface area contributed by atoms with Crippen molar-refractivity contribution in [1.82, 2.24) is 0 Å². The zero-order chi connectivity index (χ0) is 11.1. The van der Waals surface area contributed by atoms with Crippen molar-refractivity contribution in [1.29, 1.82) is 0 Å². The Kier molecular flexibility index (Phi) is 4.89. The van der Waals surface area contributed by atoms with Gasteiger partial charge in [0.25, 0.3) is 0 Å². The Morgan fingerprint density at radius 3 is 2.67 bits per heavy atom. The van der Waals surface area contributed by atoms with Crippen molar-refractivity contribution in [3.05, 3.63) is 47.5 Å². The fourth-order valence-corrected chi connectivity index (χ4v) is 1.67. The summed E-state index contributed by atoms with van der Waals surface area (Å²) in [5.41, 5.74) is 3.91. The zero-order valence-corrected chi connectivity index (χ0v) is 9.79. The monoisotopic (exact) mass is 200 g/mol. The normalized spacial score (nSPS) is 10.8. The lowest BCUT2D eigenvalue weighted by molar-refractivity contribution is 0.795. The zero-order valence-electron chi connectivity index (χ0n) is 9.79. The highest BCUT2D eigenvalue weighted by Crippen LogP contribution is 2.16. The first-order chi connectivity index (χ1) is 7.31. The lowest BCUT2D eigenvalue weighted by Gasteiger charge is -2.05. The third kappa shape index (κ3) is 3.39. The Morgan fingerprint density at radius 1 is 1.27 bits per heavy atom. The molecule has 0 aliphatic carbocycles. The number of allylic oxidation sites excluding steroid dienone is 1. The highest BCUT2D eigenvalue weighted by Gasteiger charge is 1.98. The van der Waals surface area contributed by atoms with Gasteiger partial charge in [-0.15, -0.1) is 0 Å². The van der Waals surface area contributed by atoms with Gasteiger partial charge in [0.2, 0.25) is 0 Å². The number of unbranched alkanes of at least 4 members (excludes halogenated alkanes) is 1. The molecule has 0 aliphatic rings. The molecular formula is C15H20. The van der Waals surface area contributed by atoms with E-state index >= 15 is 0 Å². The summed E-state index contributed by atoms with van der Waals surface area (Å²) in [6, 6.07) is 6.65. The van der Waals surface area contributed by atoms with Crippen LogP contribution in [0.4, 0.5) is 0 Å². The third-order valence-corrected chi connectivity index (χ3v) is 2.54. The highest BCUT2D eigenvalue weighted by molar-refractivity contribution is 5.64. The Balaban J connectivity index is 2.91. The summed E-state index contributed by atoms with van der Waals surface area (Å²) in [6.07, 6.45) is 9.81. The van der Waals surface area contributed by atoms with Gasteiger partial charge in [0.1, 0.15) is 0 Å². The van der Waals surface area contributed by atoms with Crippen molar-refractivity contribution in [2.75, 3.05) is 0 Å². The average Bonchev–Trinajstić information content (AvgIpc) is 2.28. The van der Waals surface area contributed by atoms with Crippen molar-refractivity contribution < 1.29 is 0 Å². The topological polar surface area (TPSA) is 0 Å². The summed E-state index contributed by atoms with van der Waals surface area (Å²) in [5, 5.41) is 0. The van der Waals surface area contributed by atoms with Gasteiger partial charge in [0, 0.05) is 0 Å². The molecule has 1 rings (SSSR count). The number of rotatable bonds is 5. The molecule has 0 bridgehead atoms. The smallest absolute Gasteiger partial charge is 0.0187 e. The summed E-state index contributed by atoms with van der Waals surface area (Å²) in [4.78, 5) is 0. The summed E-state index contributed by atoms with van der Waals surface area (Å²) >= 11 is 0. The van der Waals surface area contributed by atoms with Crippen LogP contribution in [-0.4, -0.2) is 0 Å². The number of hydrogen-bond donors (Lipinski definition) is 0. The highest BCUT2D eigenvalue weighted by atomic mass is 14.0. The predicted octanol–water partition coefficient (Wildman–Crippen LogP) is 4.71. The number of benzene rings is 1. The van der Waals surface area contributed by atoms with Crippen LogP contribution in [0.25, 0.3) is 12.2 Å². The van der Waals surface area contributed by atoms with Gasteiger partial charge in [-0.2, -0.15) is 0 Å². The van der Waals surface area contributed by atoms with Crippen LogP contribution >= 0.6 is 0 Å². The number of aryl methyl sites for hydroxylation is 1. The number of hydrogen-bond acceptors (Lipinski definition) is 0. The Morgan fingerprint density at radius 2 is 2.07 bits per heavy atom. The molecule has 0 atom stereocenters. The molecule has 1 aromatic rings. The molecule has 0 heterocycles. The summed E-state index contributed by atoms with van der Waals surface area (Å²) in [6.45, 7) is 8.13. The van der Waals surface area contributed by atoms with Crippen LogP contribution in [0.5, 0.6) is 0 Å². The molecule has 0 amide bonds. The lowest BCUT2D eigenvalue weighted by Crippen LogP contribution is -1.88. The molecule has 0 heteroatoms. The molecule has 15 heavy (non-hydrogen) atoms. The second-order valence-electron chi connectivity index (χ2n) is 3.77. The van der Waals surface area contributed by atoms with E-state index in [9.17, 15) is 0 Å². The largest absolute Gasteiger partial charge is 0.0984 e. The van der Waals surface area contributed by atoms with Crippen molar-refractivity contribution in [3.8, 4) is 0 Å². The van der Waals surface area contributed by atoms with Gasteiger partial charge in [0.05, 0.1) is 0 Å². The standard InChI is InChI=1S/C15H20/c1-4-7-9-13-10-11-15(8-5-2)14(6-3)12-13/h5-6,8,10-12H,3-4,7,9H2,1-2H3/b8-5-. The Hall–Kier alpha value is -1.30. The van der Waals surface area contributed by atoms with Gasteiger partial charge < -0.3 is 0 Å². The van der Waals surface area contributed by atoms with Gasteiger partial charge in [-0.1, -0.05) is 56.4 Å². The first-order valence-corrected chi connectivity index (χ1v) is 5.69. The van der Waals surface area contributed by atoms with E-state index in [1.54, 1.807) is 0 Å². The molecule has 0 radical (unpaired) electrons. The summed E-state index contributed by atoms with van der Waals surface area (Å²) < 4.78 is 0. The van der Waals surface area contributed by atoms with Crippen LogP contribution < -0.4 is 0 Å². The summed E-state index contributed by atoms with van der Waals surface area (Å²) in [7, 11) is 0.